The van der Waals surface area contributed by atoms with Crippen LogP contribution >= 0.6 is 11.6 Å². The van der Waals surface area contributed by atoms with Gasteiger partial charge in [-0.3, -0.25) is 10.3 Å². The molecule has 0 fully saturated rings. The van der Waals surface area contributed by atoms with Gasteiger partial charge in [0.1, 0.15) is 5.82 Å². The van der Waals surface area contributed by atoms with Crippen LogP contribution < -0.4 is 10.6 Å². The van der Waals surface area contributed by atoms with Crippen LogP contribution in [0.1, 0.15) is 5.56 Å². The van der Waals surface area contributed by atoms with Crippen LogP contribution in [0.25, 0.3) is 16.6 Å². The largest absolute Gasteiger partial charge is 0.334 e. The number of hydrogen-bond acceptors (Lipinski definition) is 4. The monoisotopic (exact) mass is 378 g/mol. The van der Waals surface area contributed by atoms with Crippen molar-refractivity contribution in [1.29, 1.82) is 0 Å². The lowest BCUT2D eigenvalue weighted by Crippen LogP contribution is -2.28. The van der Waals surface area contributed by atoms with E-state index >= 15 is 0 Å². The molecule has 0 aliphatic heterocycles. The van der Waals surface area contributed by atoms with E-state index in [9.17, 15) is 4.79 Å². The third-order valence-corrected chi connectivity index (χ3v) is 4.18. The molecule has 0 unspecified atom stereocenters. The van der Waals surface area contributed by atoms with E-state index in [2.05, 4.69) is 25.7 Å². The van der Waals surface area contributed by atoms with Crippen LogP contribution in [0.15, 0.2) is 67.3 Å². The van der Waals surface area contributed by atoms with Crippen LogP contribution in [-0.2, 0) is 6.54 Å². The van der Waals surface area contributed by atoms with Crippen molar-refractivity contribution in [2.45, 2.75) is 6.54 Å². The summed E-state index contributed by atoms with van der Waals surface area (Å²) in [4.78, 5) is 20.4. The fourth-order valence-electron chi connectivity index (χ4n) is 2.68. The summed E-state index contributed by atoms with van der Waals surface area (Å²) in [5, 5.41) is 11.4. The Morgan fingerprint density at radius 2 is 1.96 bits per heavy atom. The van der Waals surface area contributed by atoms with Gasteiger partial charge in [-0.2, -0.15) is 5.10 Å². The number of rotatable bonds is 4. The molecule has 1 aromatic carbocycles. The second kappa shape index (κ2) is 7.43. The van der Waals surface area contributed by atoms with Crippen molar-refractivity contribution in [2.24, 2.45) is 0 Å². The third-order valence-electron chi connectivity index (χ3n) is 3.95. The number of nitrogens with one attached hydrogen (secondary N) is 2. The Bertz CT molecular complexity index is 1100. The summed E-state index contributed by atoms with van der Waals surface area (Å²) in [5.74, 6) is 0.445. The number of urea groups is 1. The molecular weight excluding hydrogens is 364 g/mol. The van der Waals surface area contributed by atoms with Crippen LogP contribution in [0.5, 0.6) is 0 Å². The van der Waals surface area contributed by atoms with E-state index < -0.39 is 0 Å². The molecule has 0 aliphatic carbocycles. The maximum atomic E-state index is 12.1. The van der Waals surface area contributed by atoms with Gasteiger partial charge in [0.25, 0.3) is 0 Å². The molecule has 0 aliphatic rings. The Morgan fingerprint density at radius 1 is 1.11 bits per heavy atom. The van der Waals surface area contributed by atoms with E-state index in [1.165, 1.54) is 0 Å². The molecule has 3 aromatic heterocycles. The summed E-state index contributed by atoms with van der Waals surface area (Å²) in [5.41, 5.74) is 2.65. The average Bonchev–Trinajstić information content (AvgIpc) is 3.10. The number of pyridine rings is 2. The number of carbonyl (C=O) groups excluding carboxylic acids is 1. The smallest absolute Gasteiger partial charge is 0.320 e. The van der Waals surface area contributed by atoms with Crippen molar-refractivity contribution < 1.29 is 4.79 Å². The van der Waals surface area contributed by atoms with Gasteiger partial charge in [-0.1, -0.05) is 23.7 Å². The molecule has 0 saturated heterocycles. The number of anilines is 1. The van der Waals surface area contributed by atoms with Crippen LogP contribution in [0, 0.1) is 0 Å². The lowest BCUT2D eigenvalue weighted by atomic mass is 10.2. The zero-order valence-electron chi connectivity index (χ0n) is 14.1. The van der Waals surface area contributed by atoms with E-state index in [-0.39, 0.29) is 6.03 Å². The lowest BCUT2D eigenvalue weighted by molar-refractivity contribution is 0.251. The van der Waals surface area contributed by atoms with Gasteiger partial charge in [0.2, 0.25) is 0 Å². The van der Waals surface area contributed by atoms with Crippen molar-refractivity contribution in [1.82, 2.24) is 25.1 Å². The van der Waals surface area contributed by atoms with Gasteiger partial charge in [0, 0.05) is 29.3 Å². The molecular formula is C19H15ClN6O. The fraction of sp³-hybridized carbons (Fsp3) is 0.0526. The molecule has 7 nitrogen and oxygen atoms in total. The molecule has 3 heterocycles. The van der Waals surface area contributed by atoms with Crippen LogP contribution in [-0.4, -0.2) is 25.8 Å². The first-order chi connectivity index (χ1) is 13.2. The summed E-state index contributed by atoms with van der Waals surface area (Å²) in [6.07, 6.45) is 6.81. The molecule has 8 heteroatoms. The number of aromatic nitrogens is 4. The number of hydrogen-bond donors (Lipinski definition) is 2. The Labute approximate surface area is 160 Å². The van der Waals surface area contributed by atoms with Gasteiger partial charge in [0.15, 0.2) is 0 Å². The maximum Gasteiger partial charge on any atom is 0.320 e. The minimum Gasteiger partial charge on any atom is -0.334 e. The zero-order valence-corrected chi connectivity index (χ0v) is 14.9. The first-order valence-corrected chi connectivity index (χ1v) is 8.60. The molecule has 0 saturated carbocycles. The van der Waals surface area contributed by atoms with Crippen molar-refractivity contribution in [3.05, 3.63) is 77.8 Å². The molecule has 134 valence electrons. The maximum absolute atomic E-state index is 12.1. The SMILES string of the molecule is O=C(NCc1cccc(Cl)c1)Nc1cc2cnn(-c3ccncc3)c2cn1. The highest BCUT2D eigenvalue weighted by Crippen LogP contribution is 2.19. The second-order valence-corrected chi connectivity index (χ2v) is 6.26. The molecule has 0 bridgehead atoms. The highest BCUT2D eigenvalue weighted by Gasteiger charge is 2.08. The van der Waals surface area contributed by atoms with E-state index in [0.717, 1.165) is 22.2 Å². The molecule has 27 heavy (non-hydrogen) atoms. The molecule has 2 N–H and O–H groups in total. The topological polar surface area (TPSA) is 84.7 Å². The Hall–Kier alpha value is -3.45. The van der Waals surface area contributed by atoms with Crippen LogP contribution in [0.2, 0.25) is 5.02 Å². The van der Waals surface area contributed by atoms with E-state index in [1.807, 2.05) is 24.3 Å². The number of amides is 2. The summed E-state index contributed by atoms with van der Waals surface area (Å²) >= 11 is 5.94. The van der Waals surface area contributed by atoms with Crippen molar-refractivity contribution in [2.75, 3.05) is 5.32 Å². The zero-order chi connectivity index (χ0) is 18.6. The Kier molecular flexibility index (Phi) is 4.67. The lowest BCUT2D eigenvalue weighted by Gasteiger charge is -2.08. The van der Waals surface area contributed by atoms with Gasteiger partial charge in [-0.15, -0.1) is 0 Å². The summed E-state index contributed by atoms with van der Waals surface area (Å²) in [6.45, 7) is 0.370. The normalized spacial score (nSPS) is 10.7. The van der Waals surface area contributed by atoms with E-state index in [4.69, 9.17) is 11.6 Å². The van der Waals surface area contributed by atoms with E-state index in [0.29, 0.717) is 17.4 Å². The predicted molar refractivity (Wildman–Crippen MR) is 104 cm³/mol. The Morgan fingerprint density at radius 3 is 2.78 bits per heavy atom. The van der Waals surface area contributed by atoms with Crippen molar-refractivity contribution in [3.63, 3.8) is 0 Å². The van der Waals surface area contributed by atoms with Crippen LogP contribution in [0.4, 0.5) is 10.6 Å². The predicted octanol–water partition coefficient (Wildman–Crippen LogP) is 3.79. The van der Waals surface area contributed by atoms with Crippen molar-refractivity contribution >= 4 is 34.4 Å². The average molecular weight is 379 g/mol. The fourth-order valence-corrected chi connectivity index (χ4v) is 2.89. The van der Waals surface area contributed by atoms with Gasteiger partial charge in [0.05, 0.1) is 23.6 Å². The summed E-state index contributed by atoms with van der Waals surface area (Å²) < 4.78 is 1.77. The number of nitrogens with zero attached hydrogens (tertiary/aromatic N) is 4. The second-order valence-electron chi connectivity index (χ2n) is 5.83. The van der Waals surface area contributed by atoms with Gasteiger partial charge in [-0.05, 0) is 35.9 Å². The minimum absolute atomic E-state index is 0.344. The highest BCUT2D eigenvalue weighted by molar-refractivity contribution is 6.30. The summed E-state index contributed by atoms with van der Waals surface area (Å²) in [6, 6.07) is 12.5. The summed E-state index contributed by atoms with van der Waals surface area (Å²) in [7, 11) is 0. The minimum atomic E-state index is -0.344. The number of fused-ring (bicyclic) bond motifs is 1. The van der Waals surface area contributed by atoms with Gasteiger partial charge >= 0.3 is 6.03 Å². The number of halogens is 1. The van der Waals surface area contributed by atoms with Gasteiger partial charge < -0.3 is 5.32 Å². The Balaban J connectivity index is 1.46. The van der Waals surface area contributed by atoms with Crippen LogP contribution in [0.3, 0.4) is 0 Å². The van der Waals surface area contributed by atoms with Gasteiger partial charge in [-0.25, -0.2) is 14.5 Å². The molecule has 4 aromatic rings. The number of benzene rings is 1. The quantitative estimate of drug-likeness (QED) is 0.565. The standard InChI is InChI=1S/C19H15ClN6O/c20-15-3-1-2-13(8-15)10-23-19(27)25-18-9-14-11-24-26(17(14)12-22-18)16-4-6-21-7-5-16/h1-9,11-12H,10H2,(H2,22,23,25,27). The first-order valence-electron chi connectivity index (χ1n) is 8.22. The molecule has 4 rings (SSSR count). The highest BCUT2D eigenvalue weighted by atomic mass is 35.5. The molecule has 0 radical (unpaired) electrons. The van der Waals surface area contributed by atoms with Crippen molar-refractivity contribution in [3.8, 4) is 5.69 Å². The molecule has 0 atom stereocenters. The number of carbonyl (C=O) groups is 1. The first kappa shape index (κ1) is 17.0. The molecule has 2 amide bonds. The molecule has 0 spiro atoms. The third kappa shape index (κ3) is 3.88. The van der Waals surface area contributed by atoms with E-state index in [1.54, 1.807) is 47.7 Å².